The number of hydrogen-bond acceptors (Lipinski definition) is 3. The molecule has 2 rings (SSSR count). The van der Waals surface area contributed by atoms with E-state index in [-0.39, 0.29) is 30.2 Å². The predicted octanol–water partition coefficient (Wildman–Crippen LogP) is 1.59. The van der Waals surface area contributed by atoms with E-state index in [0.717, 1.165) is 6.54 Å². The molecule has 0 bridgehead atoms. The normalized spacial score (nSPS) is 22.7. The lowest BCUT2D eigenvalue weighted by atomic mass is 10.0. The first-order valence-corrected chi connectivity index (χ1v) is 6.88. The van der Waals surface area contributed by atoms with Gasteiger partial charge in [0, 0.05) is 25.2 Å². The molecule has 4 nitrogen and oxygen atoms in total. The van der Waals surface area contributed by atoms with Gasteiger partial charge in [0.1, 0.15) is 0 Å². The fourth-order valence-electron chi connectivity index (χ4n) is 2.50. The van der Waals surface area contributed by atoms with Crippen molar-refractivity contribution in [1.29, 1.82) is 0 Å². The van der Waals surface area contributed by atoms with Gasteiger partial charge in [-0.2, -0.15) is 0 Å². The number of nitrogens with one attached hydrogen (secondary N) is 1. The fourth-order valence-corrected chi connectivity index (χ4v) is 2.50. The Balaban J connectivity index is 2.05. The Labute approximate surface area is 118 Å². The predicted molar refractivity (Wildman–Crippen MR) is 75.3 cm³/mol. The molecule has 1 N–H and O–H groups in total. The molecule has 1 amide bonds. The van der Waals surface area contributed by atoms with E-state index in [9.17, 15) is 9.18 Å². The minimum absolute atomic E-state index is 0.0374. The highest BCUT2D eigenvalue weighted by atomic mass is 19.1. The van der Waals surface area contributed by atoms with Gasteiger partial charge < -0.3 is 15.0 Å². The highest BCUT2D eigenvalue weighted by Gasteiger charge is 2.27. The molecule has 1 aliphatic heterocycles. The number of piperazine rings is 1. The zero-order valence-corrected chi connectivity index (χ0v) is 12.1. The topological polar surface area (TPSA) is 41.6 Å². The number of carbonyl (C=O) groups excluding carboxylic acids is 1. The molecule has 0 spiro atoms. The molecule has 2 unspecified atom stereocenters. The second kappa shape index (κ2) is 6.22. The molecule has 20 heavy (non-hydrogen) atoms. The van der Waals surface area contributed by atoms with Crippen LogP contribution in [0.5, 0.6) is 5.75 Å². The van der Waals surface area contributed by atoms with Crippen LogP contribution in [0, 0.1) is 5.82 Å². The lowest BCUT2D eigenvalue weighted by Gasteiger charge is -2.38. The lowest BCUT2D eigenvalue weighted by Crippen LogP contribution is -2.57. The fraction of sp³-hybridized carbons (Fsp3) is 0.533. The SMILES string of the molecule is COc1ccc(CC(=O)N2CCNC(C)C2C)cc1F. The van der Waals surface area contributed by atoms with E-state index >= 15 is 0 Å². The number of benzene rings is 1. The Morgan fingerprint density at radius 1 is 1.50 bits per heavy atom. The van der Waals surface area contributed by atoms with Crippen LogP contribution in [0.1, 0.15) is 19.4 Å². The average Bonchev–Trinajstić information content (AvgIpc) is 2.42. The highest BCUT2D eigenvalue weighted by Crippen LogP contribution is 2.19. The standard InChI is InChI=1S/C15H21FN2O2/c1-10-11(2)18(7-6-17-10)15(19)9-12-4-5-14(20-3)13(16)8-12/h4-5,8,10-11,17H,6-7,9H2,1-3H3. The molecule has 0 radical (unpaired) electrons. The molecule has 1 saturated heterocycles. The van der Waals surface area contributed by atoms with Gasteiger partial charge in [-0.15, -0.1) is 0 Å². The lowest BCUT2D eigenvalue weighted by molar-refractivity contribution is -0.134. The zero-order valence-electron chi connectivity index (χ0n) is 12.1. The van der Waals surface area contributed by atoms with E-state index in [1.165, 1.54) is 13.2 Å². The van der Waals surface area contributed by atoms with E-state index in [0.29, 0.717) is 12.1 Å². The summed E-state index contributed by atoms with van der Waals surface area (Å²) in [6.45, 7) is 5.59. The van der Waals surface area contributed by atoms with Crippen molar-refractivity contribution in [2.45, 2.75) is 32.4 Å². The summed E-state index contributed by atoms with van der Waals surface area (Å²) in [5.41, 5.74) is 0.673. The number of hydrogen-bond donors (Lipinski definition) is 1. The summed E-state index contributed by atoms with van der Waals surface area (Å²) in [5.74, 6) is -0.194. The van der Waals surface area contributed by atoms with E-state index in [1.54, 1.807) is 12.1 Å². The van der Waals surface area contributed by atoms with Gasteiger partial charge >= 0.3 is 0 Å². The maximum Gasteiger partial charge on any atom is 0.227 e. The molecule has 1 aliphatic rings. The van der Waals surface area contributed by atoms with Crippen molar-refractivity contribution >= 4 is 5.91 Å². The van der Waals surface area contributed by atoms with Crippen LogP contribution in [0.2, 0.25) is 0 Å². The molecule has 1 aromatic carbocycles. The van der Waals surface area contributed by atoms with Crippen LogP contribution in [-0.2, 0) is 11.2 Å². The van der Waals surface area contributed by atoms with Gasteiger partial charge in [-0.3, -0.25) is 4.79 Å². The van der Waals surface area contributed by atoms with E-state index in [2.05, 4.69) is 12.2 Å². The third-order valence-corrected chi connectivity index (χ3v) is 3.93. The Morgan fingerprint density at radius 2 is 2.25 bits per heavy atom. The van der Waals surface area contributed by atoms with E-state index in [1.807, 2.05) is 11.8 Å². The first-order chi connectivity index (χ1) is 9.52. The van der Waals surface area contributed by atoms with Crippen molar-refractivity contribution < 1.29 is 13.9 Å². The van der Waals surface area contributed by atoms with Crippen LogP contribution in [-0.4, -0.2) is 43.1 Å². The number of ether oxygens (including phenoxy) is 1. The Morgan fingerprint density at radius 3 is 2.90 bits per heavy atom. The minimum atomic E-state index is -0.431. The molecule has 1 aromatic rings. The largest absolute Gasteiger partial charge is 0.494 e. The summed E-state index contributed by atoms with van der Waals surface area (Å²) in [5, 5.41) is 3.33. The maximum absolute atomic E-state index is 13.6. The van der Waals surface area contributed by atoms with Gasteiger partial charge in [-0.1, -0.05) is 6.07 Å². The quantitative estimate of drug-likeness (QED) is 0.914. The Hall–Kier alpha value is -1.62. The molecular weight excluding hydrogens is 259 g/mol. The minimum Gasteiger partial charge on any atom is -0.494 e. The van der Waals surface area contributed by atoms with E-state index in [4.69, 9.17) is 4.74 Å². The number of nitrogens with zero attached hydrogens (tertiary/aromatic N) is 1. The van der Waals surface area contributed by atoms with Crippen LogP contribution in [0.15, 0.2) is 18.2 Å². The molecule has 5 heteroatoms. The van der Waals surface area contributed by atoms with Crippen molar-refractivity contribution in [2.24, 2.45) is 0 Å². The third-order valence-electron chi connectivity index (χ3n) is 3.93. The molecule has 110 valence electrons. The summed E-state index contributed by atoms with van der Waals surface area (Å²) in [6.07, 6.45) is 0.220. The van der Waals surface area contributed by atoms with Gasteiger partial charge in [0.05, 0.1) is 13.5 Å². The van der Waals surface area contributed by atoms with Crippen LogP contribution in [0.25, 0.3) is 0 Å². The zero-order chi connectivity index (χ0) is 14.7. The van der Waals surface area contributed by atoms with Crippen molar-refractivity contribution in [1.82, 2.24) is 10.2 Å². The van der Waals surface area contributed by atoms with Gasteiger partial charge in [-0.05, 0) is 31.5 Å². The van der Waals surface area contributed by atoms with Crippen LogP contribution in [0.4, 0.5) is 4.39 Å². The number of carbonyl (C=O) groups is 1. The molecule has 0 aromatic heterocycles. The number of rotatable bonds is 3. The number of methoxy groups -OCH3 is 1. The van der Waals surface area contributed by atoms with Crippen molar-refractivity contribution in [3.8, 4) is 5.75 Å². The Bertz CT molecular complexity index is 493. The van der Waals surface area contributed by atoms with Crippen molar-refractivity contribution in [3.63, 3.8) is 0 Å². The van der Waals surface area contributed by atoms with Crippen LogP contribution < -0.4 is 10.1 Å². The third kappa shape index (κ3) is 3.10. The summed E-state index contributed by atoms with van der Waals surface area (Å²) in [4.78, 5) is 14.2. The van der Waals surface area contributed by atoms with Gasteiger partial charge in [0.15, 0.2) is 11.6 Å². The molecular formula is C15H21FN2O2. The molecule has 1 heterocycles. The molecule has 0 aliphatic carbocycles. The van der Waals surface area contributed by atoms with Crippen LogP contribution >= 0.6 is 0 Å². The van der Waals surface area contributed by atoms with Gasteiger partial charge in [-0.25, -0.2) is 4.39 Å². The first-order valence-electron chi connectivity index (χ1n) is 6.88. The number of amides is 1. The summed E-state index contributed by atoms with van der Waals surface area (Å²) >= 11 is 0. The van der Waals surface area contributed by atoms with Crippen molar-refractivity contribution in [3.05, 3.63) is 29.6 Å². The smallest absolute Gasteiger partial charge is 0.227 e. The summed E-state index contributed by atoms with van der Waals surface area (Å²) < 4.78 is 18.5. The van der Waals surface area contributed by atoms with E-state index < -0.39 is 5.82 Å². The maximum atomic E-state index is 13.6. The van der Waals surface area contributed by atoms with Crippen LogP contribution in [0.3, 0.4) is 0 Å². The molecule has 1 fully saturated rings. The molecule has 0 saturated carbocycles. The molecule has 2 atom stereocenters. The average molecular weight is 280 g/mol. The Kier molecular flexibility index (Phi) is 4.60. The monoisotopic (exact) mass is 280 g/mol. The summed E-state index contributed by atoms with van der Waals surface area (Å²) in [7, 11) is 1.42. The first kappa shape index (κ1) is 14.8. The number of halogens is 1. The van der Waals surface area contributed by atoms with Gasteiger partial charge in [0.25, 0.3) is 0 Å². The highest BCUT2D eigenvalue weighted by molar-refractivity contribution is 5.79. The second-order valence-corrected chi connectivity index (χ2v) is 5.22. The summed E-state index contributed by atoms with van der Waals surface area (Å²) in [6, 6.07) is 5.09. The van der Waals surface area contributed by atoms with Gasteiger partial charge in [0.2, 0.25) is 5.91 Å². The second-order valence-electron chi connectivity index (χ2n) is 5.22. The van der Waals surface area contributed by atoms with Crippen molar-refractivity contribution in [2.75, 3.05) is 20.2 Å².